The lowest BCUT2D eigenvalue weighted by Gasteiger charge is -2.30. The SMILES string of the molecule is O=C1C(CCCCCl)c2ccccc2N1C(c1ccccc1)c1ccncc1. The Labute approximate surface area is 171 Å². The third-order valence-corrected chi connectivity index (χ3v) is 5.65. The molecule has 28 heavy (non-hydrogen) atoms. The lowest BCUT2D eigenvalue weighted by atomic mass is 9.95. The zero-order valence-corrected chi connectivity index (χ0v) is 16.4. The highest BCUT2D eigenvalue weighted by atomic mass is 35.5. The van der Waals surface area contributed by atoms with E-state index in [0.29, 0.717) is 5.88 Å². The van der Waals surface area contributed by atoms with Crippen LogP contribution in [0, 0.1) is 0 Å². The summed E-state index contributed by atoms with van der Waals surface area (Å²) in [7, 11) is 0. The predicted octanol–water partition coefficient (Wildman–Crippen LogP) is 5.71. The first kappa shape index (κ1) is 18.7. The molecule has 0 saturated heterocycles. The number of pyridine rings is 1. The molecule has 0 spiro atoms. The zero-order chi connectivity index (χ0) is 19.3. The minimum absolute atomic E-state index is 0.104. The average molecular weight is 391 g/mol. The molecule has 4 rings (SSSR count). The van der Waals surface area contributed by atoms with Gasteiger partial charge in [0.1, 0.15) is 0 Å². The number of fused-ring (bicyclic) bond motifs is 1. The van der Waals surface area contributed by atoms with Gasteiger partial charge in [-0.1, -0.05) is 55.0 Å². The van der Waals surface area contributed by atoms with Gasteiger partial charge in [-0.05, 0) is 47.7 Å². The van der Waals surface area contributed by atoms with Gasteiger partial charge in [-0.2, -0.15) is 0 Å². The van der Waals surface area contributed by atoms with E-state index in [9.17, 15) is 4.79 Å². The maximum Gasteiger partial charge on any atom is 0.235 e. The van der Waals surface area contributed by atoms with Gasteiger partial charge in [-0.3, -0.25) is 14.7 Å². The van der Waals surface area contributed by atoms with Crippen LogP contribution in [0.4, 0.5) is 5.69 Å². The van der Waals surface area contributed by atoms with Crippen molar-refractivity contribution >= 4 is 23.2 Å². The second-order valence-electron chi connectivity index (χ2n) is 7.10. The highest BCUT2D eigenvalue weighted by Crippen LogP contribution is 2.45. The largest absolute Gasteiger partial charge is 0.300 e. The number of carbonyl (C=O) groups is 1. The first-order valence-electron chi connectivity index (χ1n) is 9.74. The smallest absolute Gasteiger partial charge is 0.235 e. The van der Waals surface area contributed by atoms with Gasteiger partial charge in [0.15, 0.2) is 0 Å². The maximum atomic E-state index is 13.6. The summed E-state index contributed by atoms with van der Waals surface area (Å²) in [6.45, 7) is 0. The number of hydrogen-bond acceptors (Lipinski definition) is 2. The first-order chi connectivity index (χ1) is 13.8. The number of unbranched alkanes of at least 4 members (excludes halogenated alkanes) is 1. The molecule has 142 valence electrons. The van der Waals surface area contributed by atoms with Crippen molar-refractivity contribution in [2.75, 3.05) is 10.8 Å². The van der Waals surface area contributed by atoms with Gasteiger partial charge in [0.05, 0.1) is 12.0 Å². The minimum atomic E-state index is -0.170. The van der Waals surface area contributed by atoms with E-state index in [1.54, 1.807) is 12.4 Å². The van der Waals surface area contributed by atoms with Gasteiger partial charge < -0.3 is 0 Å². The molecular formula is C24H23ClN2O. The summed E-state index contributed by atoms with van der Waals surface area (Å²) in [5, 5.41) is 0. The number of anilines is 1. The molecule has 0 saturated carbocycles. The fourth-order valence-electron chi connectivity index (χ4n) is 4.08. The van der Waals surface area contributed by atoms with Crippen molar-refractivity contribution < 1.29 is 4.79 Å². The van der Waals surface area contributed by atoms with Crippen molar-refractivity contribution in [3.05, 3.63) is 95.8 Å². The van der Waals surface area contributed by atoms with Crippen LogP contribution in [0.15, 0.2) is 79.1 Å². The fraction of sp³-hybridized carbons (Fsp3) is 0.250. The Morgan fingerprint density at radius 3 is 2.32 bits per heavy atom. The molecule has 0 fully saturated rings. The Morgan fingerprint density at radius 1 is 0.893 bits per heavy atom. The monoisotopic (exact) mass is 390 g/mol. The quantitative estimate of drug-likeness (QED) is 0.382. The van der Waals surface area contributed by atoms with Crippen LogP contribution in [0.1, 0.15) is 47.9 Å². The second-order valence-corrected chi connectivity index (χ2v) is 7.48. The van der Waals surface area contributed by atoms with E-state index >= 15 is 0 Å². The molecule has 1 amide bonds. The fourth-order valence-corrected chi connectivity index (χ4v) is 4.27. The summed E-state index contributed by atoms with van der Waals surface area (Å²) in [4.78, 5) is 19.8. The number of aromatic nitrogens is 1. The van der Waals surface area contributed by atoms with Crippen molar-refractivity contribution in [1.82, 2.24) is 4.98 Å². The average Bonchev–Trinajstić information content (AvgIpc) is 3.02. The number of para-hydroxylation sites is 1. The van der Waals surface area contributed by atoms with Crippen LogP contribution in [0.25, 0.3) is 0 Å². The topological polar surface area (TPSA) is 33.2 Å². The van der Waals surface area contributed by atoms with Gasteiger partial charge in [-0.25, -0.2) is 0 Å². The van der Waals surface area contributed by atoms with Crippen molar-refractivity contribution in [3.63, 3.8) is 0 Å². The Kier molecular flexibility index (Phi) is 5.73. The van der Waals surface area contributed by atoms with Crippen LogP contribution >= 0.6 is 11.6 Å². The standard InChI is InChI=1S/C24H23ClN2O/c25-15-7-6-11-21-20-10-4-5-12-22(20)27(24(21)28)23(18-8-2-1-3-9-18)19-13-16-26-17-14-19/h1-5,8-10,12-14,16-17,21,23H,6-7,11,15H2. The third kappa shape index (κ3) is 3.55. The number of hydrogen-bond donors (Lipinski definition) is 0. The summed E-state index contributed by atoms with van der Waals surface area (Å²) in [6, 6.07) is 22.2. The normalized spacial score (nSPS) is 16.8. The van der Waals surface area contributed by atoms with Crippen LogP contribution in [0.5, 0.6) is 0 Å². The van der Waals surface area contributed by atoms with Crippen molar-refractivity contribution in [3.8, 4) is 0 Å². The number of rotatable bonds is 7. The number of halogens is 1. The molecule has 0 aliphatic carbocycles. The summed E-state index contributed by atoms with van der Waals surface area (Å²) < 4.78 is 0. The predicted molar refractivity (Wildman–Crippen MR) is 114 cm³/mol. The molecule has 0 N–H and O–H groups in total. The molecule has 2 atom stereocenters. The summed E-state index contributed by atoms with van der Waals surface area (Å²) in [5.74, 6) is 0.699. The lowest BCUT2D eigenvalue weighted by molar-refractivity contribution is -0.119. The van der Waals surface area contributed by atoms with E-state index in [1.165, 1.54) is 0 Å². The molecule has 2 heterocycles. The van der Waals surface area contributed by atoms with E-state index < -0.39 is 0 Å². The number of alkyl halides is 1. The number of amides is 1. The Morgan fingerprint density at radius 2 is 1.57 bits per heavy atom. The molecule has 0 bridgehead atoms. The van der Waals surface area contributed by atoms with Crippen molar-refractivity contribution in [2.45, 2.75) is 31.2 Å². The van der Waals surface area contributed by atoms with Crippen LogP contribution in [0.2, 0.25) is 0 Å². The van der Waals surface area contributed by atoms with Gasteiger partial charge in [0.25, 0.3) is 0 Å². The Hall–Kier alpha value is -2.65. The van der Waals surface area contributed by atoms with E-state index in [0.717, 1.165) is 41.6 Å². The highest BCUT2D eigenvalue weighted by molar-refractivity contribution is 6.17. The van der Waals surface area contributed by atoms with Crippen LogP contribution in [0.3, 0.4) is 0 Å². The molecule has 2 aromatic carbocycles. The third-order valence-electron chi connectivity index (χ3n) is 5.38. The van der Waals surface area contributed by atoms with Gasteiger partial charge in [0, 0.05) is 24.0 Å². The van der Waals surface area contributed by atoms with Crippen molar-refractivity contribution in [2.24, 2.45) is 0 Å². The Bertz CT molecular complexity index is 890. The number of carbonyl (C=O) groups excluding carboxylic acids is 1. The molecule has 1 aromatic heterocycles. The van der Waals surface area contributed by atoms with E-state index in [-0.39, 0.29) is 17.9 Å². The minimum Gasteiger partial charge on any atom is -0.300 e. The zero-order valence-electron chi connectivity index (χ0n) is 15.7. The molecule has 4 heteroatoms. The summed E-state index contributed by atoms with van der Waals surface area (Å²) in [5.41, 5.74) is 4.29. The van der Waals surface area contributed by atoms with Gasteiger partial charge in [0.2, 0.25) is 5.91 Å². The molecule has 3 nitrogen and oxygen atoms in total. The van der Waals surface area contributed by atoms with Crippen molar-refractivity contribution in [1.29, 1.82) is 0 Å². The number of benzene rings is 2. The molecule has 3 aromatic rings. The first-order valence-corrected chi connectivity index (χ1v) is 10.3. The molecule has 1 aliphatic heterocycles. The van der Waals surface area contributed by atoms with E-state index in [2.05, 4.69) is 29.2 Å². The molecular weight excluding hydrogens is 368 g/mol. The van der Waals surface area contributed by atoms with Crippen LogP contribution in [-0.2, 0) is 4.79 Å². The van der Waals surface area contributed by atoms with Crippen LogP contribution < -0.4 is 4.90 Å². The molecule has 0 radical (unpaired) electrons. The number of nitrogens with zero attached hydrogens (tertiary/aromatic N) is 2. The highest BCUT2D eigenvalue weighted by Gasteiger charge is 2.41. The molecule has 2 unspecified atom stereocenters. The second kappa shape index (κ2) is 8.57. The van der Waals surface area contributed by atoms with Gasteiger partial charge >= 0.3 is 0 Å². The van der Waals surface area contributed by atoms with Crippen LogP contribution in [-0.4, -0.2) is 16.8 Å². The lowest BCUT2D eigenvalue weighted by Crippen LogP contribution is -2.34. The summed E-state index contributed by atoms with van der Waals surface area (Å²) in [6.07, 6.45) is 6.29. The summed E-state index contributed by atoms with van der Waals surface area (Å²) >= 11 is 5.86. The Balaban J connectivity index is 1.79. The van der Waals surface area contributed by atoms with Gasteiger partial charge in [-0.15, -0.1) is 11.6 Å². The van der Waals surface area contributed by atoms with E-state index in [4.69, 9.17) is 11.6 Å². The van der Waals surface area contributed by atoms with E-state index in [1.807, 2.05) is 47.4 Å². The maximum absolute atomic E-state index is 13.6. The molecule has 1 aliphatic rings.